The van der Waals surface area contributed by atoms with Crippen molar-refractivity contribution in [1.29, 1.82) is 0 Å². The zero-order chi connectivity index (χ0) is 25.6. The Balaban J connectivity index is 0.000000211. The van der Waals surface area contributed by atoms with Gasteiger partial charge in [0, 0.05) is 48.7 Å². The lowest BCUT2D eigenvalue weighted by Crippen LogP contribution is -2.40. The molecule has 0 fully saturated rings. The first-order valence-electron chi connectivity index (χ1n) is 13.6. The Kier molecular flexibility index (Phi) is 9.47. The maximum atomic E-state index is 9.28. The number of hydrogen-bond donors (Lipinski definition) is 1. The van der Waals surface area contributed by atoms with Crippen LogP contribution in [0.25, 0.3) is 0 Å². The van der Waals surface area contributed by atoms with E-state index in [0.29, 0.717) is 0 Å². The average molecular weight is 497 g/mol. The maximum absolute atomic E-state index is 9.28. The fraction of sp³-hybridized carbons (Fsp3) is 0.600. The molecule has 0 bridgehead atoms. The third kappa shape index (κ3) is 6.49. The molecule has 0 radical (unpaired) electrons. The zero-order valence-corrected chi connectivity index (χ0v) is 24.3. The van der Waals surface area contributed by atoms with Crippen molar-refractivity contribution < 1.29 is 9.53 Å². The van der Waals surface area contributed by atoms with E-state index in [0.717, 1.165) is 38.2 Å². The van der Waals surface area contributed by atoms with E-state index in [9.17, 15) is 5.11 Å². The molecule has 2 aliphatic rings. The van der Waals surface area contributed by atoms with Crippen LogP contribution >= 0.6 is 0 Å². The number of benzene rings is 2. The van der Waals surface area contributed by atoms with Gasteiger partial charge in [-0.15, -0.1) is 0 Å². The predicted molar refractivity (Wildman–Crippen MR) is 153 cm³/mol. The summed E-state index contributed by atoms with van der Waals surface area (Å²) in [7, 11) is -1.68. The fourth-order valence-electron chi connectivity index (χ4n) is 5.00. The highest BCUT2D eigenvalue weighted by Gasteiger charge is 2.37. The van der Waals surface area contributed by atoms with Gasteiger partial charge in [0.1, 0.15) is 0 Å². The summed E-state index contributed by atoms with van der Waals surface area (Å²) >= 11 is 0. The van der Waals surface area contributed by atoms with Gasteiger partial charge in [-0.05, 0) is 68.8 Å². The van der Waals surface area contributed by atoms with Gasteiger partial charge in [0.2, 0.25) is 0 Å². The standard InChI is InChI=1S/C18H31NOSi.C12H17NO/c1-7-19-13-9-12-15-10-8-11-16(17(15)19)14-20-21(5,6)18(2,3)4;1-2-13-8-4-7-10-5-3-6-11(9-14)12(10)13/h8,10-11H,7,9,12-14H2,1-6H3;3,5-6,14H,2,4,7-9H2,1H3. The fourth-order valence-corrected chi connectivity index (χ4v) is 5.95. The minimum absolute atomic E-state index is 0.152. The first kappa shape index (κ1) is 27.8. The van der Waals surface area contributed by atoms with Crippen LogP contribution in [0.15, 0.2) is 36.4 Å². The first-order chi connectivity index (χ1) is 16.6. The van der Waals surface area contributed by atoms with Gasteiger partial charge in [-0.25, -0.2) is 0 Å². The van der Waals surface area contributed by atoms with Gasteiger partial charge in [-0.1, -0.05) is 57.2 Å². The number of aliphatic hydroxyl groups is 1. The predicted octanol–water partition coefficient (Wildman–Crippen LogP) is 6.93. The van der Waals surface area contributed by atoms with Crippen LogP contribution in [-0.2, 0) is 30.5 Å². The molecule has 0 atom stereocenters. The molecule has 5 heteroatoms. The normalized spacial score (nSPS) is 15.8. The summed E-state index contributed by atoms with van der Waals surface area (Å²) in [6, 6.07) is 13.0. The van der Waals surface area contributed by atoms with Gasteiger partial charge in [-0.3, -0.25) is 0 Å². The lowest BCUT2D eigenvalue weighted by atomic mass is 9.98. The number of anilines is 2. The number of rotatable bonds is 6. The SMILES string of the molecule is CCN1CCCc2cccc(CO)c21.CCN1CCCc2cccc(CO[Si](C)(C)C(C)(C)C)c21. The number of nitrogens with zero attached hydrogens (tertiary/aromatic N) is 2. The smallest absolute Gasteiger partial charge is 0.192 e. The monoisotopic (exact) mass is 496 g/mol. The average Bonchev–Trinajstić information content (AvgIpc) is 2.85. The third-order valence-corrected chi connectivity index (χ3v) is 12.6. The van der Waals surface area contributed by atoms with E-state index in [1.165, 1.54) is 53.9 Å². The molecular formula is C30H48N2O2Si. The highest BCUT2D eigenvalue weighted by Crippen LogP contribution is 2.38. The molecule has 2 heterocycles. The van der Waals surface area contributed by atoms with Crippen LogP contribution in [0.5, 0.6) is 0 Å². The molecule has 2 aromatic rings. The van der Waals surface area contributed by atoms with Crippen molar-refractivity contribution in [3.63, 3.8) is 0 Å². The maximum Gasteiger partial charge on any atom is 0.192 e. The van der Waals surface area contributed by atoms with E-state index in [4.69, 9.17) is 4.43 Å². The molecule has 0 aliphatic carbocycles. The Hall–Kier alpha value is -1.82. The molecule has 0 aromatic heterocycles. The van der Waals surface area contributed by atoms with Crippen LogP contribution in [0.2, 0.25) is 18.1 Å². The van der Waals surface area contributed by atoms with Crippen molar-refractivity contribution in [2.45, 2.75) is 91.6 Å². The van der Waals surface area contributed by atoms with E-state index >= 15 is 0 Å². The number of hydrogen-bond acceptors (Lipinski definition) is 4. The van der Waals surface area contributed by atoms with E-state index in [1.807, 2.05) is 12.1 Å². The summed E-state index contributed by atoms with van der Waals surface area (Å²) in [5, 5.41) is 9.55. The second kappa shape index (κ2) is 11.9. The third-order valence-electron chi connectivity index (χ3n) is 8.12. The summed E-state index contributed by atoms with van der Waals surface area (Å²) < 4.78 is 6.45. The molecule has 4 rings (SSSR count). The molecule has 0 spiro atoms. The van der Waals surface area contributed by atoms with Crippen LogP contribution in [0.1, 0.15) is 69.7 Å². The second-order valence-corrected chi connectivity index (χ2v) is 16.2. The van der Waals surface area contributed by atoms with Crippen LogP contribution in [0, 0.1) is 0 Å². The highest BCUT2D eigenvalue weighted by atomic mass is 28.4. The van der Waals surface area contributed by atoms with E-state index in [2.05, 4.69) is 81.8 Å². The molecular weight excluding hydrogens is 448 g/mol. The number of aryl methyl sites for hydroxylation is 2. The molecule has 2 aliphatic heterocycles. The Labute approximate surface area is 215 Å². The number of para-hydroxylation sites is 2. The largest absolute Gasteiger partial charge is 0.412 e. The molecule has 4 nitrogen and oxygen atoms in total. The van der Waals surface area contributed by atoms with E-state index in [-0.39, 0.29) is 11.6 Å². The first-order valence-corrected chi connectivity index (χ1v) is 16.5. The topological polar surface area (TPSA) is 35.9 Å². The summed E-state index contributed by atoms with van der Waals surface area (Å²) in [6.07, 6.45) is 4.86. The molecule has 0 amide bonds. The zero-order valence-electron chi connectivity index (χ0n) is 23.3. The summed E-state index contributed by atoms with van der Waals surface area (Å²) in [4.78, 5) is 4.88. The van der Waals surface area contributed by atoms with E-state index in [1.54, 1.807) is 0 Å². The lowest BCUT2D eigenvalue weighted by Gasteiger charge is -2.37. The highest BCUT2D eigenvalue weighted by molar-refractivity contribution is 6.74. The van der Waals surface area contributed by atoms with Crippen LogP contribution in [0.4, 0.5) is 11.4 Å². The van der Waals surface area contributed by atoms with Crippen molar-refractivity contribution in [2.24, 2.45) is 0 Å². The lowest BCUT2D eigenvalue weighted by molar-refractivity contribution is 0.276. The van der Waals surface area contributed by atoms with Gasteiger partial charge in [0.25, 0.3) is 0 Å². The van der Waals surface area contributed by atoms with Crippen molar-refractivity contribution in [2.75, 3.05) is 36.0 Å². The van der Waals surface area contributed by atoms with Gasteiger partial charge in [-0.2, -0.15) is 0 Å². The molecule has 0 saturated carbocycles. The van der Waals surface area contributed by atoms with Crippen molar-refractivity contribution in [1.82, 2.24) is 0 Å². The summed E-state index contributed by atoms with van der Waals surface area (Å²) in [6.45, 7) is 21.3. The Morgan fingerprint density at radius 1 is 0.829 bits per heavy atom. The van der Waals surface area contributed by atoms with Gasteiger partial charge in [0.15, 0.2) is 8.32 Å². The minimum Gasteiger partial charge on any atom is -0.412 e. The quantitative estimate of drug-likeness (QED) is 0.440. The van der Waals surface area contributed by atoms with Crippen LogP contribution in [0.3, 0.4) is 0 Å². The number of aliphatic hydroxyl groups excluding tert-OH is 1. The van der Waals surface area contributed by atoms with Gasteiger partial charge in [0.05, 0.1) is 13.2 Å². The molecule has 0 unspecified atom stereocenters. The Morgan fingerprint density at radius 2 is 1.31 bits per heavy atom. The Bertz CT molecular complexity index is 953. The molecule has 35 heavy (non-hydrogen) atoms. The molecule has 0 saturated heterocycles. The molecule has 1 N–H and O–H groups in total. The second-order valence-electron chi connectivity index (χ2n) is 11.4. The van der Waals surface area contributed by atoms with Crippen molar-refractivity contribution in [3.8, 4) is 0 Å². The van der Waals surface area contributed by atoms with Crippen molar-refractivity contribution in [3.05, 3.63) is 58.7 Å². The molecule has 194 valence electrons. The van der Waals surface area contributed by atoms with Crippen LogP contribution < -0.4 is 9.80 Å². The van der Waals surface area contributed by atoms with Crippen molar-refractivity contribution >= 4 is 19.7 Å². The summed E-state index contributed by atoms with van der Waals surface area (Å²) in [5.74, 6) is 0. The minimum atomic E-state index is -1.68. The Morgan fingerprint density at radius 3 is 1.77 bits per heavy atom. The van der Waals surface area contributed by atoms with Gasteiger partial charge >= 0.3 is 0 Å². The van der Waals surface area contributed by atoms with Crippen LogP contribution in [-0.4, -0.2) is 39.6 Å². The number of fused-ring (bicyclic) bond motifs is 2. The summed E-state index contributed by atoms with van der Waals surface area (Å²) in [5.41, 5.74) is 8.07. The van der Waals surface area contributed by atoms with E-state index < -0.39 is 8.32 Å². The van der Waals surface area contributed by atoms with Gasteiger partial charge < -0.3 is 19.3 Å². The molecule has 2 aromatic carbocycles.